The van der Waals surface area contributed by atoms with Gasteiger partial charge in [-0.05, 0) is 42.2 Å². The van der Waals surface area contributed by atoms with Gasteiger partial charge >= 0.3 is 0 Å². The number of rotatable bonds is 12. The van der Waals surface area contributed by atoms with Crippen molar-refractivity contribution in [2.45, 2.75) is 56.3 Å². The van der Waals surface area contributed by atoms with Crippen molar-refractivity contribution in [3.8, 4) is 0 Å². The maximum atomic E-state index is 12.3. The van der Waals surface area contributed by atoms with Gasteiger partial charge in [-0.2, -0.15) is 0 Å². The lowest BCUT2D eigenvalue weighted by Gasteiger charge is -2.05. The average molecular weight is 438 g/mol. The first-order valence-corrected chi connectivity index (χ1v) is 12.0. The third kappa shape index (κ3) is 7.87. The molecule has 2 aromatic heterocycles. The predicted molar refractivity (Wildman–Crippen MR) is 128 cm³/mol. The Labute approximate surface area is 188 Å². The summed E-state index contributed by atoms with van der Waals surface area (Å²) in [4.78, 5) is 31.9. The number of pyridine rings is 1. The van der Waals surface area contributed by atoms with E-state index in [2.05, 4.69) is 40.3 Å². The van der Waals surface area contributed by atoms with Crippen molar-refractivity contribution in [2.24, 2.45) is 7.05 Å². The van der Waals surface area contributed by atoms with Gasteiger partial charge in [0.2, 0.25) is 0 Å². The molecule has 5 nitrogen and oxygen atoms in total. The Morgan fingerprint density at radius 2 is 1.68 bits per heavy atom. The second-order valence-electron chi connectivity index (χ2n) is 7.89. The molecule has 0 atom stereocenters. The summed E-state index contributed by atoms with van der Waals surface area (Å²) in [5.74, 6) is 1.51. The van der Waals surface area contributed by atoms with Crippen molar-refractivity contribution in [1.82, 2.24) is 14.5 Å². The highest BCUT2D eigenvalue weighted by atomic mass is 32.2. The standard InChI is InChI=1S/C25H31N3O2S/c1-28-15-14-21(18-24(28)29)17-23-26-19-22(25(30)27-23)31-16-10-5-3-2-4-7-11-20-12-8-6-9-13-20/h6,8-9,12-15,18-19H,2-5,7,10-11,16-17H2,1H3,(H,26,27,30). The summed E-state index contributed by atoms with van der Waals surface area (Å²) in [6.45, 7) is 0. The molecule has 0 fully saturated rings. The van der Waals surface area contributed by atoms with E-state index in [9.17, 15) is 9.59 Å². The van der Waals surface area contributed by atoms with E-state index in [1.807, 2.05) is 6.07 Å². The van der Waals surface area contributed by atoms with Crippen molar-refractivity contribution < 1.29 is 0 Å². The summed E-state index contributed by atoms with van der Waals surface area (Å²) >= 11 is 1.57. The number of aromatic amines is 1. The molecule has 0 aliphatic heterocycles. The molecule has 0 aliphatic rings. The molecule has 0 bridgehead atoms. The Balaban J connectivity index is 1.31. The topological polar surface area (TPSA) is 67.8 Å². The summed E-state index contributed by atoms with van der Waals surface area (Å²) in [5.41, 5.74) is 2.11. The predicted octanol–water partition coefficient (Wildman–Crippen LogP) is 4.73. The average Bonchev–Trinajstić information content (AvgIpc) is 2.77. The van der Waals surface area contributed by atoms with Gasteiger partial charge in [-0.15, -0.1) is 11.8 Å². The van der Waals surface area contributed by atoms with Crippen LogP contribution in [0.3, 0.4) is 0 Å². The number of aryl methyl sites for hydroxylation is 2. The lowest BCUT2D eigenvalue weighted by atomic mass is 10.1. The Hall–Kier alpha value is -2.60. The van der Waals surface area contributed by atoms with Crippen LogP contribution in [0.5, 0.6) is 0 Å². The fourth-order valence-electron chi connectivity index (χ4n) is 3.47. The fourth-order valence-corrected chi connectivity index (χ4v) is 4.35. The highest BCUT2D eigenvalue weighted by Crippen LogP contribution is 2.16. The molecule has 0 unspecified atom stereocenters. The number of nitrogens with one attached hydrogen (secondary N) is 1. The van der Waals surface area contributed by atoms with E-state index in [4.69, 9.17) is 0 Å². The van der Waals surface area contributed by atoms with Crippen molar-refractivity contribution in [2.75, 3.05) is 5.75 Å². The molecule has 6 heteroatoms. The van der Waals surface area contributed by atoms with Crippen LogP contribution in [0.1, 0.15) is 55.5 Å². The first kappa shape index (κ1) is 23.1. The minimum atomic E-state index is -0.0975. The summed E-state index contributed by atoms with van der Waals surface area (Å²) in [6, 6.07) is 14.1. The lowest BCUT2D eigenvalue weighted by Crippen LogP contribution is -2.17. The van der Waals surface area contributed by atoms with Crippen molar-refractivity contribution >= 4 is 11.8 Å². The first-order valence-electron chi connectivity index (χ1n) is 11.0. The molecule has 0 saturated carbocycles. The quantitative estimate of drug-likeness (QED) is 0.328. The minimum absolute atomic E-state index is 0.0665. The van der Waals surface area contributed by atoms with Crippen LogP contribution in [0, 0.1) is 0 Å². The SMILES string of the molecule is Cn1ccc(Cc2ncc(SCCCCCCCCc3ccccc3)c(=O)[nH]2)cc1=O. The third-order valence-corrected chi connectivity index (χ3v) is 6.41. The smallest absolute Gasteiger partial charge is 0.264 e. The largest absolute Gasteiger partial charge is 0.319 e. The summed E-state index contributed by atoms with van der Waals surface area (Å²) in [6.07, 6.45) is 12.4. The van der Waals surface area contributed by atoms with E-state index in [1.165, 1.54) is 48.7 Å². The molecule has 0 aliphatic carbocycles. The highest BCUT2D eigenvalue weighted by molar-refractivity contribution is 7.99. The van der Waals surface area contributed by atoms with Gasteiger partial charge in [0.1, 0.15) is 5.82 Å². The van der Waals surface area contributed by atoms with Gasteiger partial charge in [-0.3, -0.25) is 9.59 Å². The number of aromatic nitrogens is 3. The number of H-pyrrole nitrogens is 1. The molecule has 0 amide bonds. The van der Waals surface area contributed by atoms with Crippen molar-refractivity contribution in [3.05, 3.63) is 92.5 Å². The highest BCUT2D eigenvalue weighted by Gasteiger charge is 2.05. The van der Waals surface area contributed by atoms with E-state index < -0.39 is 0 Å². The van der Waals surface area contributed by atoms with Gasteiger partial charge in [0.15, 0.2) is 0 Å². The Morgan fingerprint density at radius 3 is 2.42 bits per heavy atom. The molecule has 31 heavy (non-hydrogen) atoms. The summed E-state index contributed by atoms with van der Waals surface area (Å²) in [5, 5.41) is 0. The van der Waals surface area contributed by atoms with E-state index in [0.29, 0.717) is 17.1 Å². The summed E-state index contributed by atoms with van der Waals surface area (Å²) in [7, 11) is 1.71. The zero-order chi connectivity index (χ0) is 21.9. The van der Waals surface area contributed by atoms with Crippen LogP contribution < -0.4 is 11.1 Å². The molecular weight excluding hydrogens is 406 g/mol. The molecule has 3 aromatic rings. The molecular formula is C25H31N3O2S. The van der Waals surface area contributed by atoms with E-state index >= 15 is 0 Å². The second-order valence-corrected chi connectivity index (χ2v) is 9.03. The number of benzene rings is 1. The van der Waals surface area contributed by atoms with Crippen molar-refractivity contribution in [3.63, 3.8) is 0 Å². The zero-order valence-electron chi connectivity index (χ0n) is 18.2. The second kappa shape index (κ2) is 12.3. The van der Waals surface area contributed by atoms with Crippen LogP contribution in [-0.4, -0.2) is 20.3 Å². The third-order valence-electron chi connectivity index (χ3n) is 5.32. The number of thioether (sulfide) groups is 1. The number of unbranched alkanes of at least 4 members (excludes halogenated alkanes) is 5. The van der Waals surface area contributed by atoms with Crippen LogP contribution in [0.15, 0.2) is 69.3 Å². The van der Waals surface area contributed by atoms with Gasteiger partial charge in [0, 0.05) is 31.9 Å². The Kier molecular flexibility index (Phi) is 9.16. The van der Waals surface area contributed by atoms with E-state index in [0.717, 1.165) is 17.7 Å². The molecule has 164 valence electrons. The first-order chi connectivity index (χ1) is 15.1. The normalized spacial score (nSPS) is 11.0. The lowest BCUT2D eigenvalue weighted by molar-refractivity contribution is 0.609. The van der Waals surface area contributed by atoms with E-state index in [-0.39, 0.29) is 11.1 Å². The number of nitrogens with zero attached hydrogens (tertiary/aromatic N) is 2. The molecule has 1 N–H and O–H groups in total. The van der Waals surface area contributed by atoms with Gasteiger partial charge in [-0.1, -0.05) is 56.0 Å². The Bertz CT molecular complexity index is 1060. The maximum absolute atomic E-state index is 12.3. The fraction of sp³-hybridized carbons (Fsp3) is 0.400. The zero-order valence-corrected chi connectivity index (χ0v) is 19.0. The van der Waals surface area contributed by atoms with Crippen LogP contribution in [0.25, 0.3) is 0 Å². The number of hydrogen-bond donors (Lipinski definition) is 1. The van der Waals surface area contributed by atoms with Crippen LogP contribution in [0.4, 0.5) is 0 Å². The van der Waals surface area contributed by atoms with Crippen molar-refractivity contribution in [1.29, 1.82) is 0 Å². The Morgan fingerprint density at radius 1 is 0.935 bits per heavy atom. The summed E-state index contributed by atoms with van der Waals surface area (Å²) < 4.78 is 1.52. The van der Waals surface area contributed by atoms with Gasteiger partial charge in [-0.25, -0.2) is 4.98 Å². The molecule has 2 heterocycles. The molecule has 0 spiro atoms. The van der Waals surface area contributed by atoms with Gasteiger partial charge in [0.05, 0.1) is 4.90 Å². The monoisotopic (exact) mass is 437 g/mol. The van der Waals surface area contributed by atoms with E-state index in [1.54, 1.807) is 37.3 Å². The molecule has 0 radical (unpaired) electrons. The maximum Gasteiger partial charge on any atom is 0.264 e. The van der Waals surface area contributed by atoms with Crippen LogP contribution in [0.2, 0.25) is 0 Å². The minimum Gasteiger partial charge on any atom is -0.319 e. The molecule has 0 saturated heterocycles. The van der Waals surface area contributed by atoms with Gasteiger partial charge < -0.3 is 9.55 Å². The van der Waals surface area contributed by atoms with Crippen LogP contribution in [-0.2, 0) is 19.9 Å². The molecule has 1 aromatic carbocycles. The molecule has 3 rings (SSSR count). The van der Waals surface area contributed by atoms with Gasteiger partial charge in [0.25, 0.3) is 11.1 Å². The number of hydrogen-bond acceptors (Lipinski definition) is 4. The van der Waals surface area contributed by atoms with Crippen LogP contribution >= 0.6 is 11.8 Å².